The molecule has 0 aliphatic rings. The first-order chi connectivity index (χ1) is 7.44. The van der Waals surface area contributed by atoms with E-state index in [1.807, 2.05) is 13.8 Å². The maximum Gasteiger partial charge on any atom is 0.338 e. The van der Waals surface area contributed by atoms with Gasteiger partial charge in [-0.2, -0.15) is 0 Å². The third-order valence-corrected chi connectivity index (χ3v) is 1.83. The fourth-order valence-corrected chi connectivity index (χ4v) is 0.970. The van der Waals surface area contributed by atoms with E-state index < -0.39 is 17.5 Å². The summed E-state index contributed by atoms with van der Waals surface area (Å²) < 4.78 is 9.54. The molecule has 0 rings (SSSR count). The van der Waals surface area contributed by atoms with Crippen molar-refractivity contribution in [3.8, 4) is 0 Å². The molecule has 0 amide bonds. The minimum atomic E-state index is -1.81. The molecule has 0 fully saturated rings. The van der Waals surface area contributed by atoms with Crippen LogP contribution in [0.25, 0.3) is 0 Å². The Morgan fingerprint density at radius 1 is 1.12 bits per heavy atom. The number of ether oxygens (including phenoxy) is 2. The smallest absolute Gasteiger partial charge is 0.338 e. The molecule has 0 aromatic heterocycles. The summed E-state index contributed by atoms with van der Waals surface area (Å²) in [6, 6.07) is 0. The average Bonchev–Trinajstić information content (AvgIpc) is 2.22. The molecule has 0 bridgehead atoms. The van der Waals surface area contributed by atoms with Crippen LogP contribution in [-0.2, 0) is 19.1 Å². The molecule has 5 heteroatoms. The Kier molecular flexibility index (Phi) is 6.72. The topological polar surface area (TPSA) is 72.8 Å². The standard InChI is InChI=1S/C11H20O5/c1-4-6-15-9(12)8-11(3,14)10(13)16-7-5-2/h14H,4-8H2,1-3H3. The van der Waals surface area contributed by atoms with Gasteiger partial charge in [0.15, 0.2) is 5.60 Å². The van der Waals surface area contributed by atoms with Crippen molar-refractivity contribution < 1.29 is 24.2 Å². The van der Waals surface area contributed by atoms with Crippen molar-refractivity contribution in [1.82, 2.24) is 0 Å². The van der Waals surface area contributed by atoms with E-state index in [0.29, 0.717) is 19.4 Å². The molecule has 1 N–H and O–H groups in total. The third kappa shape index (κ3) is 5.70. The number of hydrogen-bond donors (Lipinski definition) is 1. The van der Waals surface area contributed by atoms with E-state index in [1.165, 1.54) is 6.92 Å². The molecule has 0 aliphatic heterocycles. The Balaban J connectivity index is 4.11. The van der Waals surface area contributed by atoms with E-state index in [2.05, 4.69) is 0 Å². The second-order valence-electron chi connectivity index (χ2n) is 3.81. The van der Waals surface area contributed by atoms with Crippen molar-refractivity contribution in [1.29, 1.82) is 0 Å². The van der Waals surface area contributed by atoms with Gasteiger partial charge in [-0.1, -0.05) is 13.8 Å². The molecule has 0 saturated carbocycles. The number of esters is 2. The molecule has 5 nitrogen and oxygen atoms in total. The summed E-state index contributed by atoms with van der Waals surface area (Å²) in [7, 11) is 0. The molecular weight excluding hydrogens is 212 g/mol. The van der Waals surface area contributed by atoms with Crippen LogP contribution in [-0.4, -0.2) is 35.9 Å². The second kappa shape index (κ2) is 7.22. The van der Waals surface area contributed by atoms with Gasteiger partial charge < -0.3 is 14.6 Å². The van der Waals surface area contributed by atoms with Crippen LogP contribution in [0.3, 0.4) is 0 Å². The van der Waals surface area contributed by atoms with Gasteiger partial charge in [-0.15, -0.1) is 0 Å². The summed E-state index contributed by atoms with van der Waals surface area (Å²) >= 11 is 0. The van der Waals surface area contributed by atoms with E-state index >= 15 is 0 Å². The Morgan fingerprint density at radius 2 is 1.62 bits per heavy atom. The van der Waals surface area contributed by atoms with Crippen molar-refractivity contribution in [2.45, 2.75) is 45.6 Å². The van der Waals surface area contributed by atoms with E-state index in [0.717, 1.165) is 0 Å². The summed E-state index contributed by atoms with van der Waals surface area (Å²) in [5.74, 6) is -1.39. The lowest BCUT2D eigenvalue weighted by Gasteiger charge is -2.20. The Hall–Kier alpha value is -1.10. The molecule has 0 aromatic rings. The van der Waals surface area contributed by atoms with E-state index in [4.69, 9.17) is 9.47 Å². The van der Waals surface area contributed by atoms with Gasteiger partial charge in [0.25, 0.3) is 0 Å². The van der Waals surface area contributed by atoms with Crippen LogP contribution in [0.4, 0.5) is 0 Å². The zero-order chi connectivity index (χ0) is 12.6. The molecule has 1 unspecified atom stereocenters. The van der Waals surface area contributed by atoms with Crippen LogP contribution in [0.15, 0.2) is 0 Å². The molecule has 0 saturated heterocycles. The van der Waals surface area contributed by atoms with Gasteiger partial charge in [0.2, 0.25) is 0 Å². The van der Waals surface area contributed by atoms with Gasteiger partial charge in [0.05, 0.1) is 19.6 Å². The van der Waals surface area contributed by atoms with Gasteiger partial charge in [-0.25, -0.2) is 4.79 Å². The van der Waals surface area contributed by atoms with E-state index in [-0.39, 0.29) is 13.0 Å². The molecule has 0 radical (unpaired) electrons. The fourth-order valence-electron chi connectivity index (χ4n) is 0.970. The molecule has 1 atom stereocenters. The quantitative estimate of drug-likeness (QED) is 0.664. The van der Waals surface area contributed by atoms with Crippen molar-refractivity contribution in [3.05, 3.63) is 0 Å². The fraction of sp³-hybridized carbons (Fsp3) is 0.818. The number of hydrogen-bond acceptors (Lipinski definition) is 5. The lowest BCUT2D eigenvalue weighted by molar-refractivity contribution is -0.170. The minimum Gasteiger partial charge on any atom is -0.466 e. The number of carbonyl (C=O) groups is 2. The SMILES string of the molecule is CCCOC(=O)CC(C)(O)C(=O)OCCC. The lowest BCUT2D eigenvalue weighted by atomic mass is 10.0. The summed E-state index contributed by atoms with van der Waals surface area (Å²) in [6.45, 7) is 5.48. The van der Waals surface area contributed by atoms with Crippen molar-refractivity contribution in [2.24, 2.45) is 0 Å². The predicted octanol–water partition coefficient (Wildman–Crippen LogP) is 1.03. The second-order valence-corrected chi connectivity index (χ2v) is 3.81. The molecular formula is C11H20O5. The van der Waals surface area contributed by atoms with E-state index in [9.17, 15) is 14.7 Å². The van der Waals surface area contributed by atoms with Gasteiger partial charge in [-0.05, 0) is 19.8 Å². The molecule has 0 spiro atoms. The molecule has 94 valence electrons. The molecule has 0 aliphatic carbocycles. The van der Waals surface area contributed by atoms with Crippen molar-refractivity contribution >= 4 is 11.9 Å². The highest BCUT2D eigenvalue weighted by molar-refractivity contribution is 5.85. The van der Waals surface area contributed by atoms with Crippen LogP contribution in [0, 0.1) is 0 Å². The summed E-state index contributed by atoms with van der Waals surface area (Å²) in [5.41, 5.74) is -1.81. The number of carbonyl (C=O) groups excluding carboxylic acids is 2. The first-order valence-electron chi connectivity index (χ1n) is 5.49. The van der Waals surface area contributed by atoms with Crippen LogP contribution >= 0.6 is 0 Å². The monoisotopic (exact) mass is 232 g/mol. The Bertz CT molecular complexity index is 235. The Labute approximate surface area is 95.7 Å². The maximum atomic E-state index is 11.4. The predicted molar refractivity (Wildman–Crippen MR) is 57.7 cm³/mol. The van der Waals surface area contributed by atoms with Gasteiger partial charge in [0, 0.05) is 0 Å². The van der Waals surface area contributed by atoms with E-state index in [1.54, 1.807) is 0 Å². The van der Waals surface area contributed by atoms with Gasteiger partial charge in [-0.3, -0.25) is 4.79 Å². The largest absolute Gasteiger partial charge is 0.466 e. The third-order valence-electron chi connectivity index (χ3n) is 1.83. The highest BCUT2D eigenvalue weighted by Gasteiger charge is 2.35. The summed E-state index contributed by atoms with van der Waals surface area (Å²) in [5, 5.41) is 9.70. The normalized spacial score (nSPS) is 14.0. The zero-order valence-corrected chi connectivity index (χ0v) is 10.1. The minimum absolute atomic E-state index is 0.235. The summed E-state index contributed by atoms with van der Waals surface area (Å²) in [6.07, 6.45) is 0.992. The highest BCUT2D eigenvalue weighted by atomic mass is 16.6. The zero-order valence-electron chi connectivity index (χ0n) is 10.1. The van der Waals surface area contributed by atoms with Crippen LogP contribution in [0.5, 0.6) is 0 Å². The van der Waals surface area contributed by atoms with Gasteiger partial charge in [0.1, 0.15) is 0 Å². The number of rotatable bonds is 7. The number of aliphatic hydroxyl groups is 1. The average molecular weight is 232 g/mol. The van der Waals surface area contributed by atoms with Crippen LogP contribution in [0.2, 0.25) is 0 Å². The van der Waals surface area contributed by atoms with Crippen molar-refractivity contribution in [3.63, 3.8) is 0 Å². The summed E-state index contributed by atoms with van der Waals surface area (Å²) in [4.78, 5) is 22.6. The Morgan fingerprint density at radius 3 is 2.12 bits per heavy atom. The van der Waals surface area contributed by atoms with Crippen LogP contribution < -0.4 is 0 Å². The first kappa shape index (κ1) is 14.9. The van der Waals surface area contributed by atoms with Crippen LogP contribution in [0.1, 0.15) is 40.0 Å². The maximum absolute atomic E-state index is 11.4. The lowest BCUT2D eigenvalue weighted by Crippen LogP contribution is -2.39. The first-order valence-corrected chi connectivity index (χ1v) is 5.49. The molecule has 16 heavy (non-hydrogen) atoms. The molecule has 0 heterocycles. The highest BCUT2D eigenvalue weighted by Crippen LogP contribution is 2.13. The van der Waals surface area contributed by atoms with Crippen molar-refractivity contribution in [2.75, 3.05) is 13.2 Å². The molecule has 0 aromatic carbocycles. The van der Waals surface area contributed by atoms with Gasteiger partial charge >= 0.3 is 11.9 Å².